The average molecular weight is 282 g/mol. The highest BCUT2D eigenvalue weighted by atomic mass is 35.5. The van der Waals surface area contributed by atoms with Gasteiger partial charge in [-0.15, -0.1) is 0 Å². The van der Waals surface area contributed by atoms with Gasteiger partial charge in [0, 0.05) is 23.2 Å². The summed E-state index contributed by atoms with van der Waals surface area (Å²) >= 11 is 5.74. The van der Waals surface area contributed by atoms with Gasteiger partial charge >= 0.3 is 0 Å². The van der Waals surface area contributed by atoms with Crippen molar-refractivity contribution in [3.63, 3.8) is 0 Å². The Hall–Kier alpha value is -2.21. The van der Waals surface area contributed by atoms with Crippen LogP contribution in [0.4, 0.5) is 4.39 Å². The van der Waals surface area contributed by atoms with Crippen molar-refractivity contribution in [2.24, 2.45) is 0 Å². The van der Waals surface area contributed by atoms with E-state index < -0.39 is 17.3 Å². The maximum absolute atomic E-state index is 13.4. The van der Waals surface area contributed by atoms with Crippen LogP contribution in [0.25, 0.3) is 0 Å². The number of amides is 1. The van der Waals surface area contributed by atoms with Gasteiger partial charge in [0.1, 0.15) is 11.5 Å². The van der Waals surface area contributed by atoms with Crippen molar-refractivity contribution in [2.45, 2.75) is 6.54 Å². The molecule has 1 amide bonds. The molecule has 0 saturated carbocycles. The number of benzene rings is 1. The number of halogens is 2. The average Bonchev–Trinajstić information content (AvgIpc) is 2.40. The van der Waals surface area contributed by atoms with Gasteiger partial charge in [0.2, 0.25) is 0 Å². The molecular formula is C12H9ClFN3O2. The van der Waals surface area contributed by atoms with Crippen LogP contribution in [-0.2, 0) is 6.54 Å². The maximum Gasteiger partial charge on any atom is 0.271 e. The molecular weight excluding hydrogens is 273 g/mol. The molecule has 5 nitrogen and oxygen atoms in total. The van der Waals surface area contributed by atoms with E-state index in [1.54, 1.807) is 0 Å². The standard InChI is InChI=1S/C12H9ClFN3O2/c13-8-1-2-9(14)7(5-8)6-15-12(19)10-3-4-11(18)17-16-10/h1-5H,6H2,(H,15,19)(H,17,18). The Kier molecular flexibility index (Phi) is 3.91. The van der Waals surface area contributed by atoms with Gasteiger partial charge in [-0.05, 0) is 24.3 Å². The Morgan fingerprint density at radius 3 is 2.84 bits per heavy atom. The molecule has 0 fully saturated rings. The Labute approximate surface area is 112 Å². The molecule has 0 bridgehead atoms. The van der Waals surface area contributed by atoms with Crippen LogP contribution in [0.2, 0.25) is 5.02 Å². The molecule has 0 aliphatic rings. The summed E-state index contributed by atoms with van der Waals surface area (Å²) in [7, 11) is 0. The summed E-state index contributed by atoms with van der Waals surface area (Å²) in [5.41, 5.74) is -0.0928. The van der Waals surface area contributed by atoms with Gasteiger partial charge in [-0.2, -0.15) is 5.10 Å². The predicted molar refractivity (Wildman–Crippen MR) is 67.4 cm³/mol. The number of hydrogen-bond acceptors (Lipinski definition) is 3. The van der Waals surface area contributed by atoms with Crippen molar-refractivity contribution in [1.82, 2.24) is 15.5 Å². The second-order valence-corrected chi connectivity index (χ2v) is 4.16. The molecule has 7 heteroatoms. The summed E-state index contributed by atoms with van der Waals surface area (Å²) < 4.78 is 13.4. The number of aromatic amines is 1. The smallest absolute Gasteiger partial charge is 0.271 e. The summed E-state index contributed by atoms with van der Waals surface area (Å²) in [6, 6.07) is 6.54. The molecule has 0 atom stereocenters. The van der Waals surface area contributed by atoms with Gasteiger partial charge in [0.15, 0.2) is 0 Å². The van der Waals surface area contributed by atoms with E-state index in [0.717, 1.165) is 0 Å². The van der Waals surface area contributed by atoms with Crippen molar-refractivity contribution in [3.8, 4) is 0 Å². The molecule has 0 aliphatic carbocycles. The number of hydrogen-bond donors (Lipinski definition) is 2. The van der Waals surface area contributed by atoms with Crippen molar-refractivity contribution < 1.29 is 9.18 Å². The first-order valence-electron chi connectivity index (χ1n) is 5.34. The highest BCUT2D eigenvalue weighted by Gasteiger charge is 2.09. The molecule has 0 saturated heterocycles. The fourth-order valence-corrected chi connectivity index (χ4v) is 1.61. The minimum absolute atomic E-state index is 0.0218. The maximum atomic E-state index is 13.4. The third-order valence-corrected chi connectivity index (χ3v) is 2.59. The number of nitrogens with zero attached hydrogens (tertiary/aromatic N) is 1. The first-order valence-corrected chi connectivity index (χ1v) is 5.72. The van der Waals surface area contributed by atoms with Crippen molar-refractivity contribution in [3.05, 3.63) is 62.8 Å². The second kappa shape index (κ2) is 5.62. The van der Waals surface area contributed by atoms with Crippen LogP contribution in [0.1, 0.15) is 16.1 Å². The van der Waals surface area contributed by atoms with Crippen molar-refractivity contribution in [1.29, 1.82) is 0 Å². The highest BCUT2D eigenvalue weighted by molar-refractivity contribution is 6.30. The summed E-state index contributed by atoms with van der Waals surface area (Å²) in [6.45, 7) is -0.0218. The zero-order chi connectivity index (χ0) is 13.8. The molecule has 1 heterocycles. The predicted octanol–water partition coefficient (Wildman–Crippen LogP) is 1.49. The molecule has 0 unspecified atom stereocenters. The number of nitrogens with one attached hydrogen (secondary N) is 2. The Balaban J connectivity index is 2.06. The summed E-state index contributed by atoms with van der Waals surface area (Å²) in [6.07, 6.45) is 0. The summed E-state index contributed by atoms with van der Waals surface area (Å²) in [4.78, 5) is 22.5. The first-order chi connectivity index (χ1) is 9.06. The van der Waals surface area contributed by atoms with Crippen LogP contribution in [0.15, 0.2) is 35.1 Å². The van der Waals surface area contributed by atoms with E-state index in [1.807, 2.05) is 0 Å². The topological polar surface area (TPSA) is 74.8 Å². The lowest BCUT2D eigenvalue weighted by Gasteiger charge is -2.06. The van der Waals surface area contributed by atoms with Crippen LogP contribution in [0.5, 0.6) is 0 Å². The van der Waals surface area contributed by atoms with E-state index >= 15 is 0 Å². The van der Waals surface area contributed by atoms with Gasteiger partial charge in [0.25, 0.3) is 11.5 Å². The fraction of sp³-hybridized carbons (Fsp3) is 0.0833. The monoisotopic (exact) mass is 281 g/mol. The molecule has 0 aliphatic heterocycles. The molecule has 98 valence electrons. The number of aromatic nitrogens is 2. The first kappa shape index (κ1) is 13.2. The summed E-state index contributed by atoms with van der Waals surface area (Å²) in [5.74, 6) is -0.977. The molecule has 2 aromatic rings. The van der Waals surface area contributed by atoms with Crippen LogP contribution in [-0.4, -0.2) is 16.1 Å². The minimum Gasteiger partial charge on any atom is -0.346 e. The molecule has 2 N–H and O–H groups in total. The number of rotatable bonds is 3. The van der Waals surface area contributed by atoms with E-state index in [4.69, 9.17) is 11.6 Å². The second-order valence-electron chi connectivity index (χ2n) is 3.72. The molecule has 0 spiro atoms. The quantitative estimate of drug-likeness (QED) is 0.895. The molecule has 1 aromatic heterocycles. The lowest BCUT2D eigenvalue weighted by molar-refractivity contribution is 0.0944. The molecule has 0 radical (unpaired) electrons. The van der Waals surface area contributed by atoms with Crippen LogP contribution in [0.3, 0.4) is 0 Å². The zero-order valence-electron chi connectivity index (χ0n) is 9.61. The van der Waals surface area contributed by atoms with Crippen molar-refractivity contribution in [2.75, 3.05) is 0 Å². The molecule has 1 aromatic carbocycles. The van der Waals surface area contributed by atoms with E-state index in [2.05, 4.69) is 15.5 Å². The highest BCUT2D eigenvalue weighted by Crippen LogP contribution is 2.14. The lowest BCUT2D eigenvalue weighted by Crippen LogP contribution is -2.25. The summed E-state index contributed by atoms with van der Waals surface area (Å²) in [5, 5.41) is 8.56. The zero-order valence-corrected chi connectivity index (χ0v) is 10.4. The van der Waals surface area contributed by atoms with E-state index in [0.29, 0.717) is 5.02 Å². The van der Waals surface area contributed by atoms with E-state index in [1.165, 1.54) is 30.3 Å². The van der Waals surface area contributed by atoms with E-state index in [-0.39, 0.29) is 17.8 Å². The van der Waals surface area contributed by atoms with Gasteiger partial charge in [0.05, 0.1) is 0 Å². The molecule has 2 rings (SSSR count). The van der Waals surface area contributed by atoms with Gasteiger partial charge < -0.3 is 5.32 Å². The number of carbonyl (C=O) groups is 1. The SMILES string of the molecule is O=C(NCc1cc(Cl)ccc1F)c1ccc(=O)[nH]n1. The largest absolute Gasteiger partial charge is 0.346 e. The fourth-order valence-electron chi connectivity index (χ4n) is 1.42. The third-order valence-electron chi connectivity index (χ3n) is 2.36. The number of carbonyl (C=O) groups excluding carboxylic acids is 1. The lowest BCUT2D eigenvalue weighted by atomic mass is 10.2. The van der Waals surface area contributed by atoms with Gasteiger partial charge in [-0.1, -0.05) is 11.6 Å². The minimum atomic E-state index is -0.518. The molecule has 19 heavy (non-hydrogen) atoms. The van der Waals surface area contributed by atoms with E-state index in [9.17, 15) is 14.0 Å². The normalized spacial score (nSPS) is 10.2. The Bertz CT molecular complexity index is 652. The van der Waals surface area contributed by atoms with Crippen molar-refractivity contribution >= 4 is 17.5 Å². The van der Waals surface area contributed by atoms with Crippen LogP contribution in [0, 0.1) is 5.82 Å². The van der Waals surface area contributed by atoms with Crippen LogP contribution >= 0.6 is 11.6 Å². The Morgan fingerprint density at radius 2 is 2.16 bits per heavy atom. The van der Waals surface area contributed by atoms with Gasteiger partial charge in [-0.25, -0.2) is 9.49 Å². The Morgan fingerprint density at radius 1 is 1.37 bits per heavy atom. The van der Waals surface area contributed by atoms with Crippen LogP contribution < -0.4 is 10.9 Å². The van der Waals surface area contributed by atoms with Gasteiger partial charge in [-0.3, -0.25) is 9.59 Å². The number of H-pyrrole nitrogens is 1. The third kappa shape index (κ3) is 3.38.